The number of rotatable bonds is 6. The molecule has 0 atom stereocenters. The van der Waals surface area contributed by atoms with Crippen LogP contribution in [-0.2, 0) is 4.79 Å². The lowest BCUT2D eigenvalue weighted by atomic mass is 9.75. The number of nitrogens with two attached hydrogens (primary N) is 1. The zero-order valence-electron chi connectivity index (χ0n) is 11.5. The first-order valence-electron chi connectivity index (χ1n) is 6.80. The number of para-hydroxylation sites is 1. The molecule has 2 rings (SSSR count). The van der Waals surface area contributed by atoms with Gasteiger partial charge in [-0.25, -0.2) is 0 Å². The summed E-state index contributed by atoms with van der Waals surface area (Å²) in [7, 11) is 1.80. The van der Waals surface area contributed by atoms with Gasteiger partial charge >= 0.3 is 0 Å². The summed E-state index contributed by atoms with van der Waals surface area (Å²) in [5, 5.41) is 0. The van der Waals surface area contributed by atoms with Gasteiger partial charge in [0.1, 0.15) is 12.4 Å². The number of likely N-dealkylation sites (N-methyl/N-ethyl adjacent to an activating group) is 1. The highest BCUT2D eigenvalue weighted by atomic mass is 16.5. The van der Waals surface area contributed by atoms with Gasteiger partial charge in [0.05, 0.1) is 6.54 Å². The molecule has 0 radical (unpaired) electrons. The second-order valence-electron chi connectivity index (χ2n) is 5.37. The molecule has 0 aromatic heterocycles. The number of carbonyl (C=O) groups excluding carboxylic acids is 1. The normalized spacial score (nSPS) is 16.5. The maximum Gasteiger partial charge on any atom is 0.224 e. The molecule has 1 aliphatic rings. The molecular formula is C15H22N2O2. The van der Waals surface area contributed by atoms with Gasteiger partial charge in [0.15, 0.2) is 0 Å². The van der Waals surface area contributed by atoms with Crippen LogP contribution in [0.2, 0.25) is 0 Å². The zero-order valence-corrected chi connectivity index (χ0v) is 11.5. The van der Waals surface area contributed by atoms with E-state index < -0.39 is 0 Å². The standard InChI is InChI=1S/C15H22N2O2/c1-17(14(18)12-15(16)8-5-9-15)10-11-19-13-6-3-2-4-7-13/h2-4,6-7H,5,8-12,16H2,1H3. The van der Waals surface area contributed by atoms with E-state index >= 15 is 0 Å². The van der Waals surface area contributed by atoms with E-state index in [4.69, 9.17) is 10.5 Å². The molecule has 0 aliphatic heterocycles. The lowest BCUT2D eigenvalue weighted by Crippen LogP contribution is -2.50. The van der Waals surface area contributed by atoms with Crippen molar-refractivity contribution in [1.82, 2.24) is 4.90 Å². The Kier molecular flexibility index (Phi) is 4.43. The van der Waals surface area contributed by atoms with Crippen LogP contribution in [0.15, 0.2) is 30.3 Å². The number of hydrogen-bond donors (Lipinski definition) is 1. The molecule has 1 aromatic carbocycles. The first kappa shape index (κ1) is 13.9. The average molecular weight is 262 g/mol. The highest BCUT2D eigenvalue weighted by molar-refractivity contribution is 5.77. The molecule has 1 amide bonds. The largest absolute Gasteiger partial charge is 0.492 e. The smallest absolute Gasteiger partial charge is 0.224 e. The van der Waals surface area contributed by atoms with Crippen molar-refractivity contribution in [2.45, 2.75) is 31.2 Å². The fourth-order valence-corrected chi connectivity index (χ4v) is 2.19. The molecule has 1 aliphatic carbocycles. The Morgan fingerprint density at radius 2 is 2.05 bits per heavy atom. The van der Waals surface area contributed by atoms with Gasteiger partial charge in [0.2, 0.25) is 5.91 Å². The van der Waals surface area contributed by atoms with Gasteiger partial charge in [-0.3, -0.25) is 4.79 Å². The summed E-state index contributed by atoms with van der Waals surface area (Å²) in [5.41, 5.74) is 5.84. The highest BCUT2D eigenvalue weighted by Gasteiger charge is 2.35. The summed E-state index contributed by atoms with van der Waals surface area (Å²) in [5.74, 6) is 0.941. The van der Waals surface area contributed by atoms with Crippen LogP contribution in [0, 0.1) is 0 Å². The maximum atomic E-state index is 12.0. The van der Waals surface area contributed by atoms with Crippen LogP contribution in [0.1, 0.15) is 25.7 Å². The van der Waals surface area contributed by atoms with Crippen molar-refractivity contribution < 1.29 is 9.53 Å². The minimum absolute atomic E-state index is 0.110. The van der Waals surface area contributed by atoms with Crippen molar-refractivity contribution in [3.63, 3.8) is 0 Å². The molecule has 4 nitrogen and oxygen atoms in total. The Morgan fingerprint density at radius 3 is 2.63 bits per heavy atom. The molecule has 0 heterocycles. The number of amides is 1. The lowest BCUT2D eigenvalue weighted by Gasteiger charge is -2.38. The third kappa shape index (κ3) is 3.96. The van der Waals surface area contributed by atoms with E-state index in [0.29, 0.717) is 19.6 Å². The lowest BCUT2D eigenvalue weighted by molar-refractivity contribution is -0.132. The van der Waals surface area contributed by atoms with Gasteiger partial charge < -0.3 is 15.4 Å². The Labute approximate surface area is 114 Å². The van der Waals surface area contributed by atoms with Crippen LogP contribution in [-0.4, -0.2) is 36.5 Å². The molecule has 0 bridgehead atoms. The van der Waals surface area contributed by atoms with E-state index in [-0.39, 0.29) is 11.4 Å². The van der Waals surface area contributed by atoms with Crippen LogP contribution < -0.4 is 10.5 Å². The first-order valence-corrected chi connectivity index (χ1v) is 6.80. The Morgan fingerprint density at radius 1 is 1.37 bits per heavy atom. The van der Waals surface area contributed by atoms with Gasteiger partial charge in [-0.05, 0) is 31.4 Å². The van der Waals surface area contributed by atoms with Gasteiger partial charge in [-0.1, -0.05) is 18.2 Å². The van der Waals surface area contributed by atoms with Crippen LogP contribution in [0.3, 0.4) is 0 Å². The number of nitrogens with zero attached hydrogens (tertiary/aromatic N) is 1. The van der Waals surface area contributed by atoms with Crippen molar-refractivity contribution in [2.75, 3.05) is 20.2 Å². The van der Waals surface area contributed by atoms with Crippen molar-refractivity contribution in [3.8, 4) is 5.75 Å². The molecule has 0 spiro atoms. The van der Waals surface area contributed by atoms with E-state index in [1.54, 1.807) is 11.9 Å². The van der Waals surface area contributed by atoms with Crippen molar-refractivity contribution in [1.29, 1.82) is 0 Å². The van der Waals surface area contributed by atoms with E-state index in [2.05, 4.69) is 0 Å². The number of benzene rings is 1. The van der Waals surface area contributed by atoms with Crippen LogP contribution >= 0.6 is 0 Å². The Bertz CT molecular complexity index is 415. The highest BCUT2D eigenvalue weighted by Crippen LogP contribution is 2.32. The summed E-state index contributed by atoms with van der Waals surface area (Å²) < 4.78 is 5.57. The quantitative estimate of drug-likeness (QED) is 0.850. The molecule has 1 fully saturated rings. The van der Waals surface area contributed by atoms with Crippen LogP contribution in [0.4, 0.5) is 0 Å². The molecule has 104 valence electrons. The van der Waals surface area contributed by atoms with Gasteiger partial charge in [0, 0.05) is 19.0 Å². The second-order valence-corrected chi connectivity index (χ2v) is 5.37. The van der Waals surface area contributed by atoms with E-state index in [9.17, 15) is 4.79 Å². The van der Waals surface area contributed by atoms with Gasteiger partial charge in [0.25, 0.3) is 0 Å². The van der Waals surface area contributed by atoms with Gasteiger partial charge in [-0.15, -0.1) is 0 Å². The third-order valence-electron chi connectivity index (χ3n) is 3.72. The molecule has 1 aromatic rings. The van der Waals surface area contributed by atoms with E-state index in [1.165, 1.54) is 0 Å². The summed E-state index contributed by atoms with van der Waals surface area (Å²) in [6.07, 6.45) is 3.53. The predicted molar refractivity (Wildman–Crippen MR) is 75.0 cm³/mol. The fourth-order valence-electron chi connectivity index (χ4n) is 2.19. The average Bonchev–Trinajstić information content (AvgIpc) is 2.38. The van der Waals surface area contributed by atoms with E-state index in [0.717, 1.165) is 25.0 Å². The predicted octanol–water partition coefficient (Wildman–Crippen LogP) is 1.80. The number of ether oxygens (including phenoxy) is 1. The summed E-state index contributed by atoms with van der Waals surface area (Å²) >= 11 is 0. The van der Waals surface area contributed by atoms with Crippen molar-refractivity contribution >= 4 is 5.91 Å². The summed E-state index contributed by atoms with van der Waals surface area (Å²) in [4.78, 5) is 13.7. The monoisotopic (exact) mass is 262 g/mol. The summed E-state index contributed by atoms with van der Waals surface area (Å²) in [6.45, 7) is 1.09. The maximum absolute atomic E-state index is 12.0. The molecular weight excluding hydrogens is 240 g/mol. The second kappa shape index (κ2) is 6.06. The Hall–Kier alpha value is -1.55. The molecule has 2 N–H and O–H groups in total. The Balaban J connectivity index is 1.69. The van der Waals surface area contributed by atoms with Crippen molar-refractivity contribution in [3.05, 3.63) is 30.3 Å². The number of hydrogen-bond acceptors (Lipinski definition) is 3. The number of carbonyl (C=O) groups is 1. The minimum atomic E-state index is -0.244. The topological polar surface area (TPSA) is 55.6 Å². The molecule has 4 heteroatoms. The third-order valence-corrected chi connectivity index (χ3v) is 3.72. The summed E-state index contributed by atoms with van der Waals surface area (Å²) in [6, 6.07) is 9.62. The molecule has 0 saturated heterocycles. The fraction of sp³-hybridized carbons (Fsp3) is 0.533. The van der Waals surface area contributed by atoms with Crippen LogP contribution in [0.25, 0.3) is 0 Å². The zero-order chi connectivity index (χ0) is 13.7. The van der Waals surface area contributed by atoms with Crippen molar-refractivity contribution in [2.24, 2.45) is 5.73 Å². The first-order chi connectivity index (χ1) is 9.09. The van der Waals surface area contributed by atoms with E-state index in [1.807, 2.05) is 30.3 Å². The molecule has 19 heavy (non-hydrogen) atoms. The van der Waals surface area contributed by atoms with Gasteiger partial charge in [-0.2, -0.15) is 0 Å². The molecule has 1 saturated carbocycles. The minimum Gasteiger partial charge on any atom is -0.492 e. The SMILES string of the molecule is CN(CCOc1ccccc1)C(=O)CC1(N)CCC1. The molecule has 0 unspecified atom stereocenters. The van der Waals surface area contributed by atoms with Crippen LogP contribution in [0.5, 0.6) is 5.75 Å².